The molecule has 78 valence electrons. The van der Waals surface area contributed by atoms with Gasteiger partial charge in [0.15, 0.2) is 5.78 Å². The molecule has 3 atom stereocenters. The third kappa shape index (κ3) is 3.37. The van der Waals surface area contributed by atoms with Gasteiger partial charge in [-0.15, -0.1) is 0 Å². The third-order valence-corrected chi connectivity index (χ3v) is 1.62. The number of hydrogen-bond acceptors (Lipinski definition) is 6. The molecule has 0 bridgehead atoms. The molecule has 0 spiro atoms. The van der Waals surface area contributed by atoms with E-state index in [1.54, 1.807) is 0 Å². The molecule has 6 heteroatoms. The lowest BCUT2D eigenvalue weighted by Crippen LogP contribution is -2.45. The predicted octanol–water partition coefficient (Wildman–Crippen LogP) is -2.72. The number of ether oxygens (including phenoxy) is 1. The molecular formula is C7H14O6. The Balaban J connectivity index is 4.30. The Morgan fingerprint density at radius 3 is 2.23 bits per heavy atom. The van der Waals surface area contributed by atoms with E-state index in [0.29, 0.717) is 0 Å². The summed E-state index contributed by atoms with van der Waals surface area (Å²) in [4.78, 5) is 10.9. The van der Waals surface area contributed by atoms with Gasteiger partial charge in [0.2, 0.25) is 0 Å². The van der Waals surface area contributed by atoms with Gasteiger partial charge in [-0.3, -0.25) is 4.79 Å². The summed E-state index contributed by atoms with van der Waals surface area (Å²) < 4.78 is 4.56. The molecule has 13 heavy (non-hydrogen) atoms. The van der Waals surface area contributed by atoms with Crippen molar-refractivity contribution in [1.82, 2.24) is 0 Å². The van der Waals surface area contributed by atoms with Crippen molar-refractivity contribution in [1.29, 1.82) is 0 Å². The van der Waals surface area contributed by atoms with Crippen LogP contribution >= 0.6 is 0 Å². The van der Waals surface area contributed by atoms with Crippen LogP contribution in [-0.2, 0) is 9.53 Å². The van der Waals surface area contributed by atoms with Crippen LogP contribution in [0.5, 0.6) is 0 Å². The first-order valence-corrected chi connectivity index (χ1v) is 3.71. The van der Waals surface area contributed by atoms with Gasteiger partial charge in [-0.2, -0.15) is 0 Å². The van der Waals surface area contributed by atoms with Crippen molar-refractivity contribution in [3.63, 3.8) is 0 Å². The van der Waals surface area contributed by atoms with Crippen LogP contribution in [0.25, 0.3) is 0 Å². The van der Waals surface area contributed by atoms with E-state index in [0.717, 1.165) is 7.11 Å². The molecule has 6 nitrogen and oxygen atoms in total. The van der Waals surface area contributed by atoms with Crippen LogP contribution in [0.2, 0.25) is 0 Å². The minimum absolute atomic E-state index is 0.681. The summed E-state index contributed by atoms with van der Waals surface area (Å²) in [7, 11) is 1.16. The summed E-state index contributed by atoms with van der Waals surface area (Å²) >= 11 is 0. The van der Waals surface area contributed by atoms with E-state index in [1.807, 2.05) is 0 Å². The smallest absolute Gasteiger partial charge is 0.189 e. The fraction of sp³-hybridized carbons (Fsp3) is 0.857. The van der Waals surface area contributed by atoms with E-state index in [2.05, 4.69) is 4.74 Å². The van der Waals surface area contributed by atoms with Crippen LogP contribution in [0.15, 0.2) is 0 Å². The van der Waals surface area contributed by atoms with Crippen LogP contribution < -0.4 is 0 Å². The first-order chi connectivity index (χ1) is 6.08. The summed E-state index contributed by atoms with van der Waals surface area (Å²) in [5.74, 6) is -0.748. The van der Waals surface area contributed by atoms with E-state index in [-0.39, 0.29) is 0 Å². The first-order valence-electron chi connectivity index (χ1n) is 3.71. The van der Waals surface area contributed by atoms with Crippen molar-refractivity contribution < 1.29 is 30.0 Å². The van der Waals surface area contributed by atoms with Crippen LogP contribution in [0.4, 0.5) is 0 Å². The highest BCUT2D eigenvalue weighted by Gasteiger charge is 2.30. The monoisotopic (exact) mass is 194 g/mol. The second kappa shape index (κ2) is 6.01. The number of methoxy groups -OCH3 is 1. The molecule has 0 aliphatic heterocycles. The lowest BCUT2D eigenvalue weighted by Gasteiger charge is -2.22. The lowest BCUT2D eigenvalue weighted by molar-refractivity contribution is -0.146. The average molecular weight is 194 g/mol. The maximum Gasteiger partial charge on any atom is 0.189 e. The van der Waals surface area contributed by atoms with Crippen LogP contribution in [0.1, 0.15) is 0 Å². The molecule has 0 radical (unpaired) electrons. The van der Waals surface area contributed by atoms with Crippen LogP contribution in [0.3, 0.4) is 0 Å². The number of aliphatic hydroxyl groups excluding tert-OH is 4. The van der Waals surface area contributed by atoms with Gasteiger partial charge in [0.1, 0.15) is 24.9 Å². The van der Waals surface area contributed by atoms with Crippen molar-refractivity contribution in [2.75, 3.05) is 20.3 Å². The van der Waals surface area contributed by atoms with E-state index in [1.165, 1.54) is 0 Å². The minimum atomic E-state index is -1.53. The van der Waals surface area contributed by atoms with Gasteiger partial charge in [0.05, 0.1) is 6.61 Å². The van der Waals surface area contributed by atoms with Crippen LogP contribution in [-0.4, -0.2) is 64.8 Å². The molecule has 0 saturated heterocycles. The maximum absolute atomic E-state index is 10.9. The lowest BCUT2D eigenvalue weighted by atomic mass is 10.1. The Morgan fingerprint density at radius 2 is 1.92 bits per heavy atom. The minimum Gasteiger partial charge on any atom is -0.394 e. The van der Waals surface area contributed by atoms with Gasteiger partial charge < -0.3 is 25.2 Å². The highest BCUT2D eigenvalue weighted by Crippen LogP contribution is 2.04. The number of rotatable bonds is 6. The standard InChI is InChI=1S/C7H14O6/c1-13-7(5(11)3-9)6(12)4(10)2-8/h4,6-10,12H,2-3H2,1H3. The fourth-order valence-corrected chi connectivity index (χ4v) is 0.861. The number of ketones is 1. The zero-order chi connectivity index (χ0) is 10.4. The molecule has 0 aliphatic carbocycles. The Morgan fingerprint density at radius 1 is 1.38 bits per heavy atom. The number of hydrogen-bond donors (Lipinski definition) is 4. The summed E-state index contributed by atoms with van der Waals surface area (Å²) in [5.41, 5.74) is 0. The quantitative estimate of drug-likeness (QED) is 0.366. The summed E-state index contributed by atoms with van der Waals surface area (Å²) in [6.45, 7) is -1.46. The van der Waals surface area contributed by atoms with E-state index in [4.69, 9.17) is 15.3 Å². The Hall–Kier alpha value is -0.530. The van der Waals surface area contributed by atoms with Crippen LogP contribution in [0, 0.1) is 0 Å². The molecule has 0 aromatic rings. The van der Waals surface area contributed by atoms with Gasteiger partial charge in [-0.25, -0.2) is 0 Å². The van der Waals surface area contributed by atoms with Crippen molar-refractivity contribution in [3.8, 4) is 0 Å². The molecule has 0 heterocycles. The van der Waals surface area contributed by atoms with Crippen molar-refractivity contribution >= 4 is 5.78 Å². The third-order valence-electron chi connectivity index (χ3n) is 1.62. The molecule has 0 rings (SSSR count). The van der Waals surface area contributed by atoms with E-state index in [9.17, 15) is 9.90 Å². The van der Waals surface area contributed by atoms with Gasteiger partial charge in [0.25, 0.3) is 0 Å². The van der Waals surface area contributed by atoms with Gasteiger partial charge in [-0.1, -0.05) is 0 Å². The largest absolute Gasteiger partial charge is 0.394 e. The predicted molar refractivity (Wildman–Crippen MR) is 42.0 cm³/mol. The molecule has 0 aliphatic rings. The maximum atomic E-state index is 10.9. The van der Waals surface area contributed by atoms with Crippen molar-refractivity contribution in [2.24, 2.45) is 0 Å². The Labute approximate surface area is 75.4 Å². The molecule has 0 amide bonds. The summed E-state index contributed by atoms with van der Waals surface area (Å²) in [6.07, 6.45) is -4.30. The molecule has 0 fully saturated rings. The van der Waals surface area contributed by atoms with Gasteiger partial charge in [-0.05, 0) is 0 Å². The van der Waals surface area contributed by atoms with Crippen molar-refractivity contribution in [3.05, 3.63) is 0 Å². The molecule has 0 saturated carbocycles. The van der Waals surface area contributed by atoms with Crippen molar-refractivity contribution in [2.45, 2.75) is 18.3 Å². The number of carbonyl (C=O) groups excluding carboxylic acids is 1. The summed E-state index contributed by atoms with van der Waals surface area (Å²) in [6, 6.07) is 0. The highest BCUT2D eigenvalue weighted by atomic mass is 16.5. The number of Topliss-reactive ketones (excluding diaryl/α,β-unsaturated/α-hetero) is 1. The SMILES string of the molecule is COC(C(=O)CO)C(O)C(O)CO. The Kier molecular flexibility index (Phi) is 5.76. The fourth-order valence-electron chi connectivity index (χ4n) is 0.861. The average Bonchev–Trinajstić information content (AvgIpc) is 2.17. The van der Waals surface area contributed by atoms with E-state index >= 15 is 0 Å². The molecular weight excluding hydrogens is 180 g/mol. The van der Waals surface area contributed by atoms with E-state index < -0.39 is 37.3 Å². The topological polar surface area (TPSA) is 107 Å². The Bertz CT molecular complexity index is 159. The normalized spacial score (nSPS) is 17.9. The van der Waals surface area contributed by atoms with Gasteiger partial charge in [0, 0.05) is 7.11 Å². The molecule has 0 aromatic carbocycles. The zero-order valence-corrected chi connectivity index (χ0v) is 7.25. The number of aliphatic hydroxyl groups is 4. The molecule has 0 aromatic heterocycles. The second-order valence-electron chi connectivity index (χ2n) is 2.52. The second-order valence-corrected chi connectivity index (χ2v) is 2.52. The number of carbonyl (C=O) groups is 1. The summed E-state index contributed by atoms with van der Waals surface area (Å²) in [5, 5.41) is 35.1. The first kappa shape index (κ1) is 12.5. The zero-order valence-electron chi connectivity index (χ0n) is 7.25. The highest BCUT2D eigenvalue weighted by molar-refractivity contribution is 5.84. The molecule has 4 N–H and O–H groups in total. The molecule has 3 unspecified atom stereocenters. The van der Waals surface area contributed by atoms with Gasteiger partial charge >= 0.3 is 0 Å².